The summed E-state index contributed by atoms with van der Waals surface area (Å²) < 4.78 is 28.6. The van der Waals surface area contributed by atoms with Crippen LogP contribution in [0.5, 0.6) is 0 Å². The Bertz CT molecular complexity index is 1600. The van der Waals surface area contributed by atoms with E-state index in [4.69, 9.17) is 0 Å². The lowest BCUT2D eigenvalue weighted by atomic mass is 10.1. The van der Waals surface area contributed by atoms with E-state index in [0.717, 1.165) is 26.6 Å². The van der Waals surface area contributed by atoms with Gasteiger partial charge in [0.1, 0.15) is 6.54 Å². The number of aryl methyl sites for hydroxylation is 3. The molecule has 0 bridgehead atoms. The maximum Gasteiger partial charge on any atom is 0.264 e. The highest BCUT2D eigenvalue weighted by Gasteiger charge is 2.28. The minimum atomic E-state index is -4.07. The van der Waals surface area contributed by atoms with Gasteiger partial charge >= 0.3 is 0 Å². The van der Waals surface area contributed by atoms with E-state index < -0.39 is 22.5 Å². The van der Waals surface area contributed by atoms with Gasteiger partial charge in [0.15, 0.2) is 0 Å². The SMILES string of the molecule is Cc1ccc(S(=O)(=O)N(CC(=O)Nc2ccccc2C(=O)NCCc2ccccc2)c2ccc(C)cc2C)cc1. The average Bonchev–Trinajstić information content (AvgIpc) is 2.93. The molecular weight excluding hydrogens is 522 g/mol. The molecule has 0 saturated carbocycles. The van der Waals surface area contributed by atoms with Crippen LogP contribution in [-0.4, -0.2) is 33.3 Å². The summed E-state index contributed by atoms with van der Waals surface area (Å²) in [6.45, 7) is 5.57. The van der Waals surface area contributed by atoms with Crippen LogP contribution in [0.3, 0.4) is 0 Å². The van der Waals surface area contributed by atoms with Crippen molar-refractivity contribution in [2.24, 2.45) is 0 Å². The first-order valence-corrected chi connectivity index (χ1v) is 14.5. The van der Waals surface area contributed by atoms with Gasteiger partial charge in [-0.2, -0.15) is 0 Å². The number of nitrogens with zero attached hydrogens (tertiary/aromatic N) is 1. The number of nitrogens with one attached hydrogen (secondary N) is 2. The highest BCUT2D eigenvalue weighted by Crippen LogP contribution is 2.28. The molecule has 0 spiro atoms. The molecule has 4 aromatic rings. The minimum Gasteiger partial charge on any atom is -0.352 e. The van der Waals surface area contributed by atoms with Crippen molar-refractivity contribution >= 4 is 33.2 Å². The summed E-state index contributed by atoms with van der Waals surface area (Å²) in [5.74, 6) is -0.898. The summed E-state index contributed by atoms with van der Waals surface area (Å²) in [5.41, 5.74) is 4.74. The molecule has 0 heterocycles. The van der Waals surface area contributed by atoms with E-state index in [9.17, 15) is 18.0 Å². The van der Waals surface area contributed by atoms with Gasteiger partial charge in [-0.15, -0.1) is 0 Å². The van der Waals surface area contributed by atoms with Crippen LogP contribution in [0.15, 0.2) is 102 Å². The van der Waals surface area contributed by atoms with Crippen LogP contribution < -0.4 is 14.9 Å². The van der Waals surface area contributed by atoms with E-state index in [1.165, 1.54) is 12.1 Å². The normalized spacial score (nSPS) is 11.1. The van der Waals surface area contributed by atoms with Crippen molar-refractivity contribution in [3.05, 3.63) is 125 Å². The van der Waals surface area contributed by atoms with Gasteiger partial charge < -0.3 is 10.6 Å². The second kappa shape index (κ2) is 12.6. The summed E-state index contributed by atoms with van der Waals surface area (Å²) >= 11 is 0. The van der Waals surface area contributed by atoms with Crippen molar-refractivity contribution in [3.8, 4) is 0 Å². The van der Waals surface area contributed by atoms with Crippen molar-refractivity contribution < 1.29 is 18.0 Å². The Kier molecular flexibility index (Phi) is 9.01. The van der Waals surface area contributed by atoms with E-state index in [-0.39, 0.29) is 10.8 Å². The van der Waals surface area contributed by atoms with Crippen LogP contribution in [0.2, 0.25) is 0 Å². The third-order valence-electron chi connectivity index (χ3n) is 6.51. The number of carbonyl (C=O) groups excluding carboxylic acids is 2. The van der Waals surface area contributed by atoms with Crippen molar-refractivity contribution in [2.45, 2.75) is 32.1 Å². The van der Waals surface area contributed by atoms with Gasteiger partial charge in [-0.3, -0.25) is 13.9 Å². The van der Waals surface area contributed by atoms with Crippen molar-refractivity contribution in [2.75, 3.05) is 22.7 Å². The number of hydrogen-bond donors (Lipinski definition) is 2. The molecule has 8 heteroatoms. The van der Waals surface area contributed by atoms with Crippen LogP contribution in [0.25, 0.3) is 0 Å². The summed E-state index contributed by atoms with van der Waals surface area (Å²) in [4.78, 5) is 26.4. The zero-order valence-electron chi connectivity index (χ0n) is 22.8. The van der Waals surface area contributed by atoms with Crippen LogP contribution in [-0.2, 0) is 21.2 Å². The lowest BCUT2D eigenvalue weighted by molar-refractivity contribution is -0.114. The topological polar surface area (TPSA) is 95.6 Å². The van der Waals surface area contributed by atoms with Gasteiger partial charge in [-0.1, -0.05) is 77.9 Å². The molecule has 0 radical (unpaired) electrons. The Morgan fingerprint density at radius 3 is 2.12 bits per heavy atom. The van der Waals surface area contributed by atoms with Gasteiger partial charge in [-0.05, 0) is 68.7 Å². The monoisotopic (exact) mass is 555 g/mol. The summed E-state index contributed by atoms with van der Waals surface area (Å²) in [6.07, 6.45) is 0.669. The molecular formula is C32H33N3O4S. The first-order valence-electron chi connectivity index (χ1n) is 13.0. The van der Waals surface area contributed by atoms with Crippen LogP contribution >= 0.6 is 0 Å². The van der Waals surface area contributed by atoms with E-state index in [2.05, 4.69) is 10.6 Å². The second-order valence-electron chi connectivity index (χ2n) is 9.70. The standard InChI is InChI=1S/C32H33N3O4S/c1-23-13-16-27(17-14-23)40(38,39)35(30-18-15-24(2)21-25(30)3)22-31(36)34-29-12-8-7-11-28(29)32(37)33-20-19-26-9-5-4-6-10-26/h4-18,21H,19-20,22H2,1-3H3,(H,33,37)(H,34,36). The lowest BCUT2D eigenvalue weighted by Gasteiger charge is -2.26. The van der Waals surface area contributed by atoms with E-state index in [1.807, 2.05) is 63.2 Å². The molecule has 4 aromatic carbocycles. The number of anilines is 2. The van der Waals surface area contributed by atoms with Gasteiger partial charge in [-0.25, -0.2) is 8.42 Å². The second-order valence-corrected chi connectivity index (χ2v) is 11.6. The highest BCUT2D eigenvalue weighted by molar-refractivity contribution is 7.92. The smallest absolute Gasteiger partial charge is 0.264 e. The van der Waals surface area contributed by atoms with Crippen molar-refractivity contribution in [1.29, 1.82) is 0 Å². The molecule has 0 aliphatic rings. The predicted molar refractivity (Wildman–Crippen MR) is 159 cm³/mol. The third-order valence-corrected chi connectivity index (χ3v) is 8.28. The van der Waals surface area contributed by atoms with Crippen LogP contribution in [0, 0.1) is 20.8 Å². The molecule has 4 rings (SSSR count). The fourth-order valence-electron chi connectivity index (χ4n) is 4.39. The number of benzene rings is 4. The summed E-state index contributed by atoms with van der Waals surface area (Å²) in [7, 11) is -4.07. The fraction of sp³-hybridized carbons (Fsp3) is 0.188. The molecule has 2 N–H and O–H groups in total. The van der Waals surface area contributed by atoms with Crippen molar-refractivity contribution in [3.63, 3.8) is 0 Å². The van der Waals surface area contributed by atoms with Gasteiger partial charge in [0.2, 0.25) is 5.91 Å². The van der Waals surface area contributed by atoms with Gasteiger partial charge in [0, 0.05) is 6.54 Å². The number of amides is 2. The number of carbonyl (C=O) groups is 2. The van der Waals surface area contributed by atoms with E-state index in [1.54, 1.807) is 42.5 Å². The molecule has 40 heavy (non-hydrogen) atoms. The fourth-order valence-corrected chi connectivity index (χ4v) is 5.88. The number of sulfonamides is 1. The molecule has 0 saturated heterocycles. The zero-order chi connectivity index (χ0) is 28.7. The third kappa shape index (κ3) is 6.95. The summed E-state index contributed by atoms with van der Waals surface area (Å²) in [5, 5.41) is 5.65. The number of hydrogen-bond acceptors (Lipinski definition) is 4. The average molecular weight is 556 g/mol. The maximum absolute atomic E-state index is 13.8. The largest absolute Gasteiger partial charge is 0.352 e. The number of rotatable bonds is 10. The molecule has 7 nitrogen and oxygen atoms in total. The maximum atomic E-state index is 13.8. The molecule has 0 unspecified atom stereocenters. The molecule has 0 aliphatic heterocycles. The Hall–Kier alpha value is -4.43. The Morgan fingerprint density at radius 1 is 0.775 bits per heavy atom. The van der Waals surface area contributed by atoms with E-state index in [0.29, 0.717) is 29.9 Å². The molecule has 0 fully saturated rings. The predicted octanol–water partition coefficient (Wildman–Crippen LogP) is 5.42. The Labute approximate surface area is 235 Å². The zero-order valence-corrected chi connectivity index (χ0v) is 23.7. The van der Waals surface area contributed by atoms with Gasteiger partial charge in [0.25, 0.3) is 15.9 Å². The molecule has 2 amide bonds. The Morgan fingerprint density at radius 2 is 1.43 bits per heavy atom. The first kappa shape index (κ1) is 28.6. The molecule has 0 aliphatic carbocycles. The number of para-hydroxylation sites is 1. The minimum absolute atomic E-state index is 0.0871. The van der Waals surface area contributed by atoms with Crippen LogP contribution in [0.1, 0.15) is 32.6 Å². The first-order chi connectivity index (χ1) is 19.1. The quantitative estimate of drug-likeness (QED) is 0.273. The van der Waals surface area contributed by atoms with E-state index >= 15 is 0 Å². The highest BCUT2D eigenvalue weighted by atomic mass is 32.2. The molecule has 0 aromatic heterocycles. The molecule has 206 valence electrons. The summed E-state index contributed by atoms with van der Waals surface area (Å²) in [6, 6.07) is 28.4. The van der Waals surface area contributed by atoms with Crippen molar-refractivity contribution in [1.82, 2.24) is 5.32 Å². The lowest BCUT2D eigenvalue weighted by Crippen LogP contribution is -2.39. The van der Waals surface area contributed by atoms with Gasteiger partial charge in [0.05, 0.1) is 21.8 Å². The molecule has 0 atom stereocenters. The Balaban J connectivity index is 1.55. The van der Waals surface area contributed by atoms with Crippen LogP contribution in [0.4, 0.5) is 11.4 Å².